The van der Waals surface area contributed by atoms with Gasteiger partial charge in [0.25, 0.3) is 0 Å². The van der Waals surface area contributed by atoms with Gasteiger partial charge in [-0.25, -0.2) is 4.39 Å². The molecule has 0 bridgehead atoms. The molecule has 0 amide bonds. The summed E-state index contributed by atoms with van der Waals surface area (Å²) in [5.41, 5.74) is 7.71. The quantitative estimate of drug-likeness (QED) is 0.845. The van der Waals surface area contributed by atoms with Gasteiger partial charge in [0.2, 0.25) is 0 Å². The molecule has 0 aliphatic heterocycles. The molecule has 1 aromatic rings. The molecule has 0 heterocycles. The van der Waals surface area contributed by atoms with E-state index < -0.39 is 0 Å². The Balaban J connectivity index is 2.16. The predicted octanol–water partition coefficient (Wildman–Crippen LogP) is 3.91. The molecule has 0 radical (unpaired) electrons. The third kappa shape index (κ3) is 3.32. The zero-order valence-corrected chi connectivity index (χ0v) is 11.7. The van der Waals surface area contributed by atoms with Gasteiger partial charge in [0.05, 0.1) is 0 Å². The lowest BCUT2D eigenvalue weighted by molar-refractivity contribution is 0.108. The van der Waals surface area contributed by atoms with Crippen LogP contribution < -0.4 is 5.73 Å². The third-order valence-corrected chi connectivity index (χ3v) is 3.93. The van der Waals surface area contributed by atoms with Crippen molar-refractivity contribution < 1.29 is 4.39 Å². The number of rotatable bonds is 2. The molecule has 100 valence electrons. The highest BCUT2D eigenvalue weighted by Gasteiger charge is 2.40. The summed E-state index contributed by atoms with van der Waals surface area (Å²) >= 11 is 0. The maximum absolute atomic E-state index is 13.2. The van der Waals surface area contributed by atoms with Gasteiger partial charge in [-0.1, -0.05) is 32.9 Å². The molecule has 2 rings (SSSR count). The first-order valence-electron chi connectivity index (χ1n) is 6.81. The van der Waals surface area contributed by atoms with Gasteiger partial charge in [0.1, 0.15) is 5.82 Å². The minimum atomic E-state index is -0.186. The Kier molecular flexibility index (Phi) is 3.50. The average Bonchev–Trinajstić information content (AvgIpc) is 2.11. The second-order valence-corrected chi connectivity index (χ2v) is 7.02. The molecule has 1 nitrogen and oxygen atoms in total. The van der Waals surface area contributed by atoms with Crippen molar-refractivity contribution in [1.82, 2.24) is 0 Å². The van der Waals surface area contributed by atoms with Gasteiger partial charge in [0, 0.05) is 5.54 Å². The van der Waals surface area contributed by atoms with E-state index in [2.05, 4.69) is 20.8 Å². The molecule has 1 saturated carbocycles. The van der Waals surface area contributed by atoms with E-state index in [0.717, 1.165) is 24.8 Å². The SMILES string of the molecule is CC1CC(C)(C)CC(N)(Cc2cccc(F)c2)C1. The lowest BCUT2D eigenvalue weighted by atomic mass is 9.63. The van der Waals surface area contributed by atoms with Crippen molar-refractivity contribution >= 4 is 0 Å². The fourth-order valence-electron chi connectivity index (χ4n) is 4.00. The van der Waals surface area contributed by atoms with Crippen molar-refractivity contribution in [2.24, 2.45) is 17.1 Å². The van der Waals surface area contributed by atoms with Crippen molar-refractivity contribution in [3.05, 3.63) is 35.6 Å². The first-order chi connectivity index (χ1) is 8.28. The number of hydrogen-bond donors (Lipinski definition) is 1. The van der Waals surface area contributed by atoms with Crippen LogP contribution in [0.15, 0.2) is 24.3 Å². The molecule has 18 heavy (non-hydrogen) atoms. The highest BCUT2D eigenvalue weighted by Crippen LogP contribution is 2.43. The zero-order valence-electron chi connectivity index (χ0n) is 11.7. The molecule has 1 aromatic carbocycles. The summed E-state index contributed by atoms with van der Waals surface area (Å²) in [6, 6.07) is 6.84. The molecule has 2 N–H and O–H groups in total. The van der Waals surface area contributed by atoms with Crippen LogP contribution in [0.5, 0.6) is 0 Å². The van der Waals surface area contributed by atoms with Crippen LogP contribution in [0.2, 0.25) is 0 Å². The summed E-state index contributed by atoms with van der Waals surface area (Å²) in [7, 11) is 0. The van der Waals surface area contributed by atoms with Crippen LogP contribution in [0.3, 0.4) is 0 Å². The molecule has 0 aromatic heterocycles. The zero-order chi connectivity index (χ0) is 13.4. The van der Waals surface area contributed by atoms with Crippen LogP contribution in [-0.4, -0.2) is 5.54 Å². The first kappa shape index (κ1) is 13.5. The minimum absolute atomic E-state index is 0.167. The number of hydrogen-bond acceptors (Lipinski definition) is 1. The van der Waals surface area contributed by atoms with Gasteiger partial charge in [-0.2, -0.15) is 0 Å². The second kappa shape index (κ2) is 4.65. The molecule has 2 unspecified atom stereocenters. The lowest BCUT2D eigenvalue weighted by Gasteiger charge is -2.46. The molecule has 0 spiro atoms. The van der Waals surface area contributed by atoms with Crippen molar-refractivity contribution in [3.63, 3.8) is 0 Å². The Morgan fingerprint density at radius 1 is 1.33 bits per heavy atom. The standard InChI is InChI=1S/C16H24FN/c1-12-8-15(2,3)11-16(18,9-12)10-13-5-4-6-14(17)7-13/h4-7,12H,8-11,18H2,1-3H3. The summed E-state index contributed by atoms with van der Waals surface area (Å²) in [5, 5.41) is 0. The van der Waals surface area contributed by atoms with Crippen molar-refractivity contribution in [1.29, 1.82) is 0 Å². The summed E-state index contributed by atoms with van der Waals surface area (Å²) < 4.78 is 13.2. The van der Waals surface area contributed by atoms with E-state index in [9.17, 15) is 4.39 Å². The Bertz CT molecular complexity index is 427. The Morgan fingerprint density at radius 3 is 2.67 bits per heavy atom. The van der Waals surface area contributed by atoms with E-state index in [4.69, 9.17) is 5.73 Å². The molecule has 1 fully saturated rings. The Morgan fingerprint density at radius 2 is 2.06 bits per heavy atom. The van der Waals surface area contributed by atoms with E-state index in [0.29, 0.717) is 11.3 Å². The molecule has 2 heteroatoms. The summed E-state index contributed by atoms with van der Waals surface area (Å²) in [6.07, 6.45) is 4.06. The monoisotopic (exact) mass is 249 g/mol. The topological polar surface area (TPSA) is 26.0 Å². The molecular weight excluding hydrogens is 225 g/mol. The lowest BCUT2D eigenvalue weighted by Crippen LogP contribution is -2.50. The van der Waals surface area contributed by atoms with Gasteiger partial charge >= 0.3 is 0 Å². The highest BCUT2D eigenvalue weighted by atomic mass is 19.1. The minimum Gasteiger partial charge on any atom is -0.325 e. The van der Waals surface area contributed by atoms with Gasteiger partial charge in [-0.3, -0.25) is 0 Å². The fraction of sp³-hybridized carbons (Fsp3) is 0.625. The number of benzene rings is 1. The van der Waals surface area contributed by atoms with Crippen molar-refractivity contribution in [2.45, 2.75) is 52.0 Å². The van der Waals surface area contributed by atoms with E-state index in [1.54, 1.807) is 12.1 Å². The molecule has 0 saturated heterocycles. The van der Waals surface area contributed by atoms with Gasteiger partial charge in [-0.05, 0) is 54.7 Å². The summed E-state index contributed by atoms with van der Waals surface area (Å²) in [6.45, 7) is 6.85. The average molecular weight is 249 g/mol. The first-order valence-corrected chi connectivity index (χ1v) is 6.81. The molecule has 2 atom stereocenters. The van der Waals surface area contributed by atoms with Crippen LogP contribution in [-0.2, 0) is 6.42 Å². The number of nitrogens with two attached hydrogens (primary N) is 1. The highest BCUT2D eigenvalue weighted by molar-refractivity contribution is 5.20. The molecule has 1 aliphatic carbocycles. The van der Waals surface area contributed by atoms with E-state index >= 15 is 0 Å². The van der Waals surface area contributed by atoms with Gasteiger partial charge in [0.15, 0.2) is 0 Å². The van der Waals surface area contributed by atoms with Crippen LogP contribution in [0.25, 0.3) is 0 Å². The maximum Gasteiger partial charge on any atom is 0.123 e. The molecular formula is C16H24FN. The normalized spacial score (nSPS) is 31.3. The largest absolute Gasteiger partial charge is 0.325 e. The summed E-state index contributed by atoms with van der Waals surface area (Å²) in [4.78, 5) is 0. The maximum atomic E-state index is 13.2. The molecule has 1 aliphatic rings. The van der Waals surface area contributed by atoms with Crippen LogP contribution in [0.4, 0.5) is 4.39 Å². The second-order valence-electron chi connectivity index (χ2n) is 7.02. The third-order valence-electron chi connectivity index (χ3n) is 3.93. The predicted molar refractivity (Wildman–Crippen MR) is 73.8 cm³/mol. The van der Waals surface area contributed by atoms with Crippen LogP contribution in [0.1, 0.15) is 45.6 Å². The van der Waals surface area contributed by atoms with E-state index in [1.807, 2.05) is 6.07 Å². The fourth-order valence-corrected chi connectivity index (χ4v) is 4.00. The summed E-state index contributed by atoms with van der Waals surface area (Å²) in [5.74, 6) is 0.478. The van der Waals surface area contributed by atoms with E-state index in [1.165, 1.54) is 12.5 Å². The Hall–Kier alpha value is -0.890. The van der Waals surface area contributed by atoms with Crippen LogP contribution in [0, 0.1) is 17.2 Å². The van der Waals surface area contributed by atoms with Gasteiger partial charge < -0.3 is 5.73 Å². The van der Waals surface area contributed by atoms with Gasteiger partial charge in [-0.15, -0.1) is 0 Å². The van der Waals surface area contributed by atoms with Crippen molar-refractivity contribution in [3.8, 4) is 0 Å². The smallest absolute Gasteiger partial charge is 0.123 e. The van der Waals surface area contributed by atoms with Crippen molar-refractivity contribution in [2.75, 3.05) is 0 Å². The Labute approximate surface area is 110 Å². The van der Waals surface area contributed by atoms with Crippen LogP contribution >= 0.6 is 0 Å². The van der Waals surface area contributed by atoms with E-state index in [-0.39, 0.29) is 11.4 Å². The number of halogens is 1.